The zero-order valence-electron chi connectivity index (χ0n) is 19.9. The van der Waals surface area contributed by atoms with Crippen LogP contribution in [0.1, 0.15) is 52.5 Å². The maximum absolute atomic E-state index is 14.9. The summed E-state index contributed by atoms with van der Waals surface area (Å²) in [4.78, 5) is 26.9. The Morgan fingerprint density at radius 1 is 1.22 bits per heavy atom. The van der Waals surface area contributed by atoms with Crippen LogP contribution in [-0.2, 0) is 16.7 Å². The lowest BCUT2D eigenvalue weighted by Crippen LogP contribution is -2.49. The van der Waals surface area contributed by atoms with Crippen molar-refractivity contribution < 1.29 is 13.9 Å². The van der Waals surface area contributed by atoms with Crippen LogP contribution in [0.4, 0.5) is 10.2 Å². The first kappa shape index (κ1) is 21.4. The number of rotatable bonds is 5. The number of ether oxygens (including phenoxy) is 1. The molecule has 0 bridgehead atoms. The third kappa shape index (κ3) is 3.37. The highest BCUT2D eigenvalue weighted by molar-refractivity contribution is 6.04. The van der Waals surface area contributed by atoms with Crippen molar-refractivity contribution in [1.29, 1.82) is 0 Å². The van der Waals surface area contributed by atoms with Crippen molar-refractivity contribution in [2.45, 2.75) is 44.1 Å². The molecule has 0 radical (unpaired) electrons. The number of aromatic nitrogens is 5. The Bertz CT molecular complexity index is 1510. The molecule has 2 aliphatic heterocycles. The third-order valence-electron chi connectivity index (χ3n) is 7.52. The fourth-order valence-corrected chi connectivity index (χ4v) is 5.34. The van der Waals surface area contributed by atoms with Crippen LogP contribution in [0.3, 0.4) is 0 Å². The Labute approximate surface area is 207 Å². The zero-order chi connectivity index (χ0) is 24.4. The normalized spacial score (nSPS) is 17.7. The van der Waals surface area contributed by atoms with Gasteiger partial charge < -0.3 is 19.2 Å². The van der Waals surface area contributed by atoms with Crippen molar-refractivity contribution in [3.05, 3.63) is 77.4 Å². The van der Waals surface area contributed by atoms with Crippen LogP contribution < -0.4 is 5.32 Å². The Kier molecular flexibility index (Phi) is 4.66. The standard InChI is InChI=1S/C27H25FN6O2/c1-16-9-20(28)19(10-23(16)33-12-22(30-15-33)17-5-6-17)26(35)32-24-4-2-3-21(31-24)25-29-11-18-7-8-27(34(18)25)13-36-14-27/h2-4,9-12,15,17H,5-8,13-14H2,1H3,(H,31,32,35). The van der Waals surface area contributed by atoms with Crippen molar-refractivity contribution in [2.24, 2.45) is 0 Å². The van der Waals surface area contributed by atoms with Gasteiger partial charge in [-0.2, -0.15) is 0 Å². The van der Waals surface area contributed by atoms with E-state index in [1.165, 1.54) is 11.8 Å². The number of fused-ring (bicyclic) bond motifs is 2. The molecule has 1 N–H and O–H groups in total. The number of amides is 1. The molecule has 182 valence electrons. The summed E-state index contributed by atoms with van der Waals surface area (Å²) in [5.41, 5.74) is 4.22. The van der Waals surface area contributed by atoms with E-state index in [2.05, 4.69) is 24.8 Å². The van der Waals surface area contributed by atoms with Gasteiger partial charge in [-0.15, -0.1) is 0 Å². The van der Waals surface area contributed by atoms with Gasteiger partial charge in [-0.3, -0.25) is 4.79 Å². The largest absolute Gasteiger partial charge is 0.376 e. The van der Waals surface area contributed by atoms with Crippen molar-refractivity contribution in [1.82, 2.24) is 24.1 Å². The number of anilines is 1. The summed E-state index contributed by atoms with van der Waals surface area (Å²) in [6, 6.07) is 8.35. The number of nitrogens with zero attached hydrogens (tertiary/aromatic N) is 5. The van der Waals surface area contributed by atoms with Gasteiger partial charge in [-0.25, -0.2) is 19.3 Å². The molecule has 1 spiro atoms. The minimum absolute atomic E-state index is 0.0447. The second-order valence-electron chi connectivity index (χ2n) is 10.1. The van der Waals surface area contributed by atoms with Crippen LogP contribution in [0, 0.1) is 12.7 Å². The molecule has 5 heterocycles. The number of nitrogens with one attached hydrogen (secondary N) is 1. The highest BCUT2D eigenvalue weighted by Crippen LogP contribution is 2.42. The predicted molar refractivity (Wildman–Crippen MR) is 131 cm³/mol. The van der Waals surface area contributed by atoms with Crippen LogP contribution in [0.15, 0.2) is 49.1 Å². The van der Waals surface area contributed by atoms with Crippen LogP contribution in [0.25, 0.3) is 17.2 Å². The summed E-state index contributed by atoms with van der Waals surface area (Å²) in [7, 11) is 0. The number of pyridine rings is 1. The average Bonchev–Trinajstić information content (AvgIpc) is 3.25. The van der Waals surface area contributed by atoms with Crippen LogP contribution in [0.5, 0.6) is 0 Å². The van der Waals surface area contributed by atoms with Gasteiger partial charge >= 0.3 is 0 Å². The molecule has 2 fully saturated rings. The molecule has 1 amide bonds. The van der Waals surface area contributed by atoms with Gasteiger partial charge in [0.15, 0.2) is 5.82 Å². The minimum atomic E-state index is -0.578. The Balaban J connectivity index is 1.17. The lowest BCUT2D eigenvalue weighted by molar-refractivity contribution is -0.0954. The number of hydrogen-bond acceptors (Lipinski definition) is 5. The van der Waals surface area contributed by atoms with Gasteiger partial charge in [0.1, 0.15) is 17.3 Å². The number of aryl methyl sites for hydroxylation is 2. The van der Waals surface area contributed by atoms with Crippen LogP contribution in [0.2, 0.25) is 0 Å². The third-order valence-corrected chi connectivity index (χ3v) is 7.52. The first-order chi connectivity index (χ1) is 17.5. The number of benzene rings is 1. The molecule has 1 saturated carbocycles. The van der Waals surface area contributed by atoms with Crippen molar-refractivity contribution in [2.75, 3.05) is 18.5 Å². The van der Waals surface area contributed by atoms with E-state index >= 15 is 0 Å². The van der Waals surface area contributed by atoms with E-state index < -0.39 is 11.7 Å². The Hall–Kier alpha value is -3.85. The van der Waals surface area contributed by atoms with Crippen molar-refractivity contribution in [3.63, 3.8) is 0 Å². The molecular formula is C27H25FN6O2. The summed E-state index contributed by atoms with van der Waals surface area (Å²) in [6.07, 6.45) is 9.87. The maximum Gasteiger partial charge on any atom is 0.259 e. The van der Waals surface area contributed by atoms with Crippen LogP contribution in [-0.4, -0.2) is 43.2 Å². The highest BCUT2D eigenvalue weighted by atomic mass is 19.1. The number of imidazole rings is 2. The Morgan fingerprint density at radius 3 is 2.86 bits per heavy atom. The summed E-state index contributed by atoms with van der Waals surface area (Å²) >= 11 is 0. The van der Waals surface area contributed by atoms with E-state index in [9.17, 15) is 9.18 Å². The molecule has 0 atom stereocenters. The lowest BCUT2D eigenvalue weighted by Gasteiger charge is -2.40. The topological polar surface area (TPSA) is 86.9 Å². The second kappa shape index (κ2) is 7.83. The van der Waals surface area contributed by atoms with E-state index in [1.54, 1.807) is 18.5 Å². The summed E-state index contributed by atoms with van der Waals surface area (Å²) in [5, 5.41) is 2.77. The Morgan fingerprint density at radius 2 is 2.08 bits per heavy atom. The molecule has 3 aliphatic rings. The number of carbonyl (C=O) groups excluding carboxylic acids is 1. The van der Waals surface area contributed by atoms with Gasteiger partial charge in [-0.05, 0) is 62.4 Å². The number of hydrogen-bond donors (Lipinski definition) is 1. The molecule has 1 aromatic carbocycles. The molecule has 1 aliphatic carbocycles. The molecule has 36 heavy (non-hydrogen) atoms. The van der Waals surface area contributed by atoms with Gasteiger partial charge in [0.05, 0.1) is 42.0 Å². The molecule has 7 rings (SSSR count). The predicted octanol–water partition coefficient (Wildman–Crippen LogP) is 4.38. The lowest BCUT2D eigenvalue weighted by atomic mass is 9.94. The van der Waals surface area contributed by atoms with Crippen molar-refractivity contribution >= 4 is 11.7 Å². The number of halogens is 1. The van der Waals surface area contributed by atoms with Gasteiger partial charge in [0, 0.05) is 24.0 Å². The smallest absolute Gasteiger partial charge is 0.259 e. The van der Waals surface area contributed by atoms with Gasteiger partial charge in [0.2, 0.25) is 0 Å². The molecule has 1 saturated heterocycles. The summed E-state index contributed by atoms with van der Waals surface area (Å²) in [5.74, 6) is 0.476. The van der Waals surface area contributed by atoms with Gasteiger partial charge in [0.25, 0.3) is 5.91 Å². The molecular weight excluding hydrogens is 459 g/mol. The molecule has 8 nitrogen and oxygen atoms in total. The SMILES string of the molecule is Cc1cc(F)c(C(=O)Nc2cccc(-c3ncc4n3C3(CC4)COC3)n2)cc1-n1cnc(C2CC2)c1. The fraction of sp³-hybridized carbons (Fsp3) is 0.333. The average molecular weight is 485 g/mol. The molecule has 0 unspecified atom stereocenters. The fourth-order valence-electron chi connectivity index (χ4n) is 5.34. The maximum atomic E-state index is 14.9. The second-order valence-corrected chi connectivity index (χ2v) is 10.1. The zero-order valence-corrected chi connectivity index (χ0v) is 19.9. The van der Waals surface area contributed by atoms with E-state index in [0.717, 1.165) is 48.5 Å². The van der Waals surface area contributed by atoms with Gasteiger partial charge in [-0.1, -0.05) is 6.07 Å². The first-order valence-corrected chi connectivity index (χ1v) is 12.3. The highest BCUT2D eigenvalue weighted by Gasteiger charge is 2.46. The van der Waals surface area contributed by atoms with E-state index in [4.69, 9.17) is 4.74 Å². The summed E-state index contributed by atoms with van der Waals surface area (Å²) < 4.78 is 24.5. The summed E-state index contributed by atoms with van der Waals surface area (Å²) in [6.45, 7) is 3.17. The minimum Gasteiger partial charge on any atom is -0.376 e. The van der Waals surface area contributed by atoms with Crippen LogP contribution >= 0.6 is 0 Å². The van der Waals surface area contributed by atoms with Crippen molar-refractivity contribution in [3.8, 4) is 17.2 Å². The molecule has 3 aromatic heterocycles. The first-order valence-electron chi connectivity index (χ1n) is 12.3. The molecule has 9 heteroatoms. The van der Waals surface area contributed by atoms with E-state index in [1.807, 2.05) is 36.0 Å². The quantitative estimate of drug-likeness (QED) is 0.454. The number of carbonyl (C=O) groups is 1. The molecule has 4 aromatic rings. The van der Waals surface area contributed by atoms with E-state index in [-0.39, 0.29) is 11.1 Å². The monoisotopic (exact) mass is 484 g/mol. The van der Waals surface area contributed by atoms with E-state index in [0.29, 0.717) is 30.6 Å².